The van der Waals surface area contributed by atoms with Crippen molar-refractivity contribution < 1.29 is 14.3 Å². The molecule has 2 aromatic rings. The van der Waals surface area contributed by atoms with Crippen LogP contribution in [0.1, 0.15) is 27.2 Å². The van der Waals surface area contributed by atoms with E-state index in [1.807, 2.05) is 11.4 Å². The molecule has 0 radical (unpaired) electrons. The summed E-state index contributed by atoms with van der Waals surface area (Å²) in [5, 5.41) is 13.4. The third kappa shape index (κ3) is 3.87. The summed E-state index contributed by atoms with van der Waals surface area (Å²) in [5.74, 6) is 5.52. The zero-order valence-corrected chi connectivity index (χ0v) is 12.1. The fraction of sp³-hybridized carbons (Fsp3) is 0.214. The van der Waals surface area contributed by atoms with Crippen LogP contribution in [0.25, 0.3) is 0 Å². The minimum absolute atomic E-state index is 0.0610. The quantitative estimate of drug-likeness (QED) is 0.854. The van der Waals surface area contributed by atoms with E-state index in [2.05, 4.69) is 17.2 Å². The van der Waals surface area contributed by atoms with Crippen LogP contribution in [0.15, 0.2) is 28.2 Å². The number of aliphatic hydroxyl groups excluding tert-OH is 1. The van der Waals surface area contributed by atoms with Crippen molar-refractivity contribution in [1.29, 1.82) is 0 Å². The Morgan fingerprint density at radius 3 is 3.10 bits per heavy atom. The van der Waals surface area contributed by atoms with Crippen LogP contribution >= 0.6 is 22.9 Å². The van der Waals surface area contributed by atoms with Gasteiger partial charge in [-0.3, -0.25) is 4.79 Å². The lowest BCUT2D eigenvalue weighted by Gasteiger charge is -2.01. The Hall–Kier alpha value is -1.74. The maximum atomic E-state index is 11.8. The number of rotatable bonds is 4. The highest BCUT2D eigenvalue weighted by atomic mass is 35.5. The average Bonchev–Trinajstić information content (AvgIpc) is 3.05. The van der Waals surface area contributed by atoms with E-state index in [-0.39, 0.29) is 17.7 Å². The van der Waals surface area contributed by atoms with Crippen LogP contribution in [0.5, 0.6) is 0 Å². The molecule has 0 saturated heterocycles. The molecule has 0 aliphatic rings. The van der Waals surface area contributed by atoms with Gasteiger partial charge in [0.15, 0.2) is 0 Å². The smallest absolute Gasteiger partial charge is 0.256 e. The van der Waals surface area contributed by atoms with E-state index in [1.165, 1.54) is 23.7 Å². The number of hydrogen-bond donors (Lipinski definition) is 2. The van der Waals surface area contributed by atoms with Gasteiger partial charge >= 0.3 is 0 Å². The summed E-state index contributed by atoms with van der Waals surface area (Å²) in [6.07, 6.45) is 1.83. The number of thiophene rings is 1. The summed E-state index contributed by atoms with van der Waals surface area (Å²) < 4.78 is 4.87. The predicted molar refractivity (Wildman–Crippen MR) is 77.8 cm³/mol. The van der Waals surface area contributed by atoms with Crippen LogP contribution in [0.2, 0.25) is 5.22 Å². The summed E-state index contributed by atoms with van der Waals surface area (Å²) >= 11 is 7.24. The van der Waals surface area contributed by atoms with Crippen molar-refractivity contribution in [3.8, 4) is 11.8 Å². The number of aliphatic hydroxyl groups is 1. The van der Waals surface area contributed by atoms with Crippen LogP contribution in [-0.4, -0.2) is 17.6 Å². The van der Waals surface area contributed by atoms with Gasteiger partial charge in [-0.2, -0.15) is 0 Å². The van der Waals surface area contributed by atoms with Crippen molar-refractivity contribution in [3.05, 3.63) is 45.0 Å². The zero-order valence-electron chi connectivity index (χ0n) is 10.5. The number of amides is 1. The molecule has 2 N–H and O–H groups in total. The molecule has 0 atom stereocenters. The van der Waals surface area contributed by atoms with Gasteiger partial charge in [0, 0.05) is 22.2 Å². The lowest BCUT2D eigenvalue weighted by molar-refractivity contribution is 0.0951. The van der Waals surface area contributed by atoms with Crippen molar-refractivity contribution >= 4 is 28.8 Å². The lowest BCUT2D eigenvalue weighted by atomic mass is 10.3. The standard InChI is InChI=1S/C14H12ClNO3S/c15-13-12(4-6-19-13)14(18)16-8-11-7-10(9-20-11)3-1-2-5-17/h4,6-7,9,17H,2,5,8H2,(H,16,18). The number of furan rings is 1. The number of carbonyl (C=O) groups is 1. The van der Waals surface area contributed by atoms with E-state index in [9.17, 15) is 4.79 Å². The Kier molecular flexibility index (Phi) is 5.24. The molecule has 2 heterocycles. The topological polar surface area (TPSA) is 62.5 Å². The van der Waals surface area contributed by atoms with Crippen LogP contribution in [-0.2, 0) is 6.54 Å². The first-order valence-electron chi connectivity index (χ1n) is 5.89. The largest absolute Gasteiger partial charge is 0.452 e. The normalized spacial score (nSPS) is 9.90. The van der Waals surface area contributed by atoms with Crippen molar-refractivity contribution in [3.63, 3.8) is 0 Å². The minimum Gasteiger partial charge on any atom is -0.452 e. The molecule has 0 spiro atoms. The molecule has 20 heavy (non-hydrogen) atoms. The van der Waals surface area contributed by atoms with E-state index in [0.717, 1.165) is 10.4 Å². The molecule has 2 aromatic heterocycles. The van der Waals surface area contributed by atoms with Gasteiger partial charge in [0.05, 0.1) is 25.0 Å². The van der Waals surface area contributed by atoms with Gasteiger partial charge in [-0.1, -0.05) is 11.8 Å². The molecule has 0 aliphatic heterocycles. The molecule has 0 bridgehead atoms. The molecule has 0 saturated carbocycles. The van der Waals surface area contributed by atoms with Crippen LogP contribution in [0.3, 0.4) is 0 Å². The van der Waals surface area contributed by atoms with Gasteiger partial charge in [0.2, 0.25) is 5.22 Å². The summed E-state index contributed by atoms with van der Waals surface area (Å²) in [7, 11) is 0. The van der Waals surface area contributed by atoms with E-state index >= 15 is 0 Å². The third-order valence-corrected chi connectivity index (χ3v) is 3.64. The Morgan fingerprint density at radius 1 is 1.55 bits per heavy atom. The van der Waals surface area contributed by atoms with E-state index in [4.69, 9.17) is 21.1 Å². The van der Waals surface area contributed by atoms with E-state index in [1.54, 1.807) is 0 Å². The Balaban J connectivity index is 1.90. The first-order valence-corrected chi connectivity index (χ1v) is 7.15. The first-order chi connectivity index (χ1) is 9.70. The molecule has 0 aliphatic carbocycles. The lowest BCUT2D eigenvalue weighted by Crippen LogP contribution is -2.22. The molecule has 0 unspecified atom stereocenters. The number of nitrogens with one attached hydrogen (secondary N) is 1. The highest BCUT2D eigenvalue weighted by Crippen LogP contribution is 2.17. The minimum atomic E-state index is -0.273. The second kappa shape index (κ2) is 7.15. The molecular formula is C14H12ClNO3S. The van der Waals surface area contributed by atoms with Gasteiger partial charge in [0.1, 0.15) is 0 Å². The fourth-order valence-corrected chi connectivity index (χ4v) is 2.43. The third-order valence-electron chi connectivity index (χ3n) is 2.41. The highest BCUT2D eigenvalue weighted by Gasteiger charge is 2.12. The molecule has 2 rings (SSSR count). The molecule has 0 aromatic carbocycles. The Bertz CT molecular complexity index is 651. The van der Waals surface area contributed by atoms with Crippen LogP contribution in [0, 0.1) is 11.8 Å². The SMILES string of the molecule is O=C(NCc1cc(C#CCCO)cs1)c1ccoc1Cl. The van der Waals surface area contributed by atoms with E-state index in [0.29, 0.717) is 18.5 Å². The molecule has 4 nitrogen and oxygen atoms in total. The second-order valence-electron chi connectivity index (χ2n) is 3.87. The van der Waals surface area contributed by atoms with Crippen LogP contribution in [0.4, 0.5) is 0 Å². The van der Waals surface area contributed by atoms with Crippen molar-refractivity contribution in [1.82, 2.24) is 5.32 Å². The average molecular weight is 310 g/mol. The number of hydrogen-bond acceptors (Lipinski definition) is 4. The van der Waals surface area contributed by atoms with Gasteiger partial charge in [-0.25, -0.2) is 0 Å². The van der Waals surface area contributed by atoms with Gasteiger partial charge in [-0.15, -0.1) is 11.3 Å². The summed E-state index contributed by atoms with van der Waals surface area (Å²) in [4.78, 5) is 12.8. The van der Waals surface area contributed by atoms with Gasteiger partial charge in [-0.05, 0) is 23.7 Å². The van der Waals surface area contributed by atoms with Crippen molar-refractivity contribution in [2.24, 2.45) is 0 Å². The molecule has 6 heteroatoms. The Morgan fingerprint density at radius 2 is 2.40 bits per heavy atom. The highest BCUT2D eigenvalue weighted by molar-refractivity contribution is 7.10. The maximum Gasteiger partial charge on any atom is 0.256 e. The molecular weight excluding hydrogens is 298 g/mol. The monoisotopic (exact) mass is 309 g/mol. The van der Waals surface area contributed by atoms with Gasteiger partial charge < -0.3 is 14.8 Å². The first kappa shape index (κ1) is 14.7. The zero-order chi connectivity index (χ0) is 14.4. The van der Waals surface area contributed by atoms with Crippen molar-refractivity contribution in [2.75, 3.05) is 6.61 Å². The second-order valence-corrected chi connectivity index (χ2v) is 5.21. The number of carbonyl (C=O) groups excluding carboxylic acids is 1. The Labute approximate surface area is 125 Å². The van der Waals surface area contributed by atoms with Crippen LogP contribution < -0.4 is 5.32 Å². The summed E-state index contributed by atoms with van der Waals surface area (Å²) in [6.45, 7) is 0.470. The number of halogens is 1. The molecule has 1 amide bonds. The summed E-state index contributed by atoms with van der Waals surface area (Å²) in [6, 6.07) is 3.43. The van der Waals surface area contributed by atoms with Crippen molar-refractivity contribution in [2.45, 2.75) is 13.0 Å². The summed E-state index contributed by atoms with van der Waals surface area (Å²) in [5.41, 5.74) is 1.21. The molecule has 104 valence electrons. The maximum absolute atomic E-state index is 11.8. The molecule has 0 fully saturated rings. The fourth-order valence-electron chi connectivity index (χ4n) is 1.48. The van der Waals surface area contributed by atoms with Gasteiger partial charge in [0.25, 0.3) is 5.91 Å². The predicted octanol–water partition coefficient (Wildman–Crippen LogP) is 2.66. The van der Waals surface area contributed by atoms with E-state index < -0.39 is 0 Å².